The Hall–Kier alpha value is -1.88. The maximum Gasteiger partial charge on any atom is 0.255 e. The van der Waals surface area contributed by atoms with Crippen LogP contribution in [0.15, 0.2) is 24.3 Å². The van der Waals surface area contributed by atoms with Gasteiger partial charge in [0.2, 0.25) is 5.91 Å². The average molecular weight is 301 g/mol. The van der Waals surface area contributed by atoms with Crippen LogP contribution in [0.25, 0.3) is 0 Å². The van der Waals surface area contributed by atoms with Crippen LogP contribution in [0.5, 0.6) is 0 Å². The van der Waals surface area contributed by atoms with Crippen molar-refractivity contribution in [3.63, 3.8) is 0 Å². The summed E-state index contributed by atoms with van der Waals surface area (Å²) in [7, 11) is 0. The number of amides is 2. The summed E-state index contributed by atoms with van der Waals surface area (Å²) in [5, 5.41) is 0. The number of carbonyl (C=O) groups is 2. The molecule has 0 bridgehead atoms. The third kappa shape index (κ3) is 2.61. The minimum Gasteiger partial charge on any atom is -0.338 e. The number of rotatable bonds is 3. The summed E-state index contributed by atoms with van der Waals surface area (Å²) in [5.41, 5.74) is 1.75. The van der Waals surface area contributed by atoms with Gasteiger partial charge in [0.1, 0.15) is 6.04 Å². The first-order chi connectivity index (χ1) is 10.6. The summed E-state index contributed by atoms with van der Waals surface area (Å²) < 4.78 is 0. The molecule has 2 aliphatic heterocycles. The molecule has 5 heteroatoms. The van der Waals surface area contributed by atoms with Gasteiger partial charge in [-0.15, -0.1) is 0 Å². The van der Waals surface area contributed by atoms with Gasteiger partial charge in [0.15, 0.2) is 0 Å². The van der Waals surface area contributed by atoms with Crippen molar-refractivity contribution >= 4 is 11.8 Å². The number of fused-ring (bicyclic) bond motifs is 1. The highest BCUT2D eigenvalue weighted by Gasteiger charge is 2.35. The van der Waals surface area contributed by atoms with E-state index in [2.05, 4.69) is 11.8 Å². The van der Waals surface area contributed by atoms with Crippen molar-refractivity contribution in [2.24, 2.45) is 0 Å². The van der Waals surface area contributed by atoms with E-state index < -0.39 is 6.04 Å². The van der Waals surface area contributed by atoms with Gasteiger partial charge in [-0.25, -0.2) is 0 Å². The van der Waals surface area contributed by atoms with Crippen molar-refractivity contribution in [2.45, 2.75) is 26.4 Å². The van der Waals surface area contributed by atoms with E-state index in [0.717, 1.165) is 43.9 Å². The topological polar surface area (TPSA) is 43.9 Å². The predicted molar refractivity (Wildman–Crippen MR) is 84.5 cm³/mol. The lowest BCUT2D eigenvalue weighted by molar-refractivity contribution is -0.137. The molecular weight excluding hydrogens is 278 g/mol. The Morgan fingerprint density at radius 1 is 1.18 bits per heavy atom. The van der Waals surface area contributed by atoms with Crippen LogP contribution in [0.3, 0.4) is 0 Å². The van der Waals surface area contributed by atoms with Crippen LogP contribution >= 0.6 is 0 Å². The Labute approximate surface area is 131 Å². The lowest BCUT2D eigenvalue weighted by Crippen LogP contribution is -2.54. The molecule has 0 radical (unpaired) electrons. The molecular formula is C17H23N3O2. The van der Waals surface area contributed by atoms with Gasteiger partial charge < -0.3 is 14.7 Å². The first-order valence-electron chi connectivity index (χ1n) is 8.02. The average Bonchev–Trinajstić information content (AvgIpc) is 2.91. The minimum atomic E-state index is -0.395. The lowest BCUT2D eigenvalue weighted by atomic mass is 10.1. The Morgan fingerprint density at radius 2 is 1.86 bits per heavy atom. The number of carbonyl (C=O) groups excluding carboxylic acids is 2. The summed E-state index contributed by atoms with van der Waals surface area (Å²) in [4.78, 5) is 31.1. The van der Waals surface area contributed by atoms with Crippen molar-refractivity contribution in [3.8, 4) is 0 Å². The first kappa shape index (κ1) is 15.0. The molecule has 3 rings (SSSR count). The Morgan fingerprint density at radius 3 is 2.50 bits per heavy atom. The first-order valence-corrected chi connectivity index (χ1v) is 8.02. The van der Waals surface area contributed by atoms with Crippen LogP contribution in [0.2, 0.25) is 0 Å². The van der Waals surface area contributed by atoms with E-state index >= 15 is 0 Å². The predicted octanol–water partition coefficient (Wildman–Crippen LogP) is 1.19. The molecule has 0 N–H and O–H groups in total. The van der Waals surface area contributed by atoms with E-state index in [1.54, 1.807) is 4.90 Å². The summed E-state index contributed by atoms with van der Waals surface area (Å²) >= 11 is 0. The molecule has 2 amide bonds. The highest BCUT2D eigenvalue weighted by atomic mass is 16.2. The number of hydrogen-bond donors (Lipinski definition) is 0. The number of benzene rings is 1. The fourth-order valence-corrected chi connectivity index (χ4v) is 3.27. The summed E-state index contributed by atoms with van der Waals surface area (Å²) in [6.45, 7) is 8.90. The van der Waals surface area contributed by atoms with Gasteiger partial charge in [-0.1, -0.05) is 25.1 Å². The van der Waals surface area contributed by atoms with Gasteiger partial charge in [0.25, 0.3) is 5.91 Å². The van der Waals surface area contributed by atoms with Crippen LogP contribution in [0.1, 0.15) is 29.8 Å². The fraction of sp³-hybridized carbons (Fsp3) is 0.529. The van der Waals surface area contributed by atoms with E-state index in [4.69, 9.17) is 0 Å². The number of nitrogens with zero attached hydrogens (tertiary/aromatic N) is 3. The third-order valence-corrected chi connectivity index (χ3v) is 4.81. The standard InChI is InChI=1S/C17H23N3O2/c1-3-18-8-10-19(11-9-18)16(21)13(2)20-12-14-6-4-5-7-15(14)17(20)22/h4-7,13H,3,8-12H2,1-2H3. The quantitative estimate of drug-likeness (QED) is 0.842. The zero-order valence-electron chi connectivity index (χ0n) is 13.3. The molecule has 5 nitrogen and oxygen atoms in total. The second-order valence-corrected chi connectivity index (χ2v) is 6.03. The van der Waals surface area contributed by atoms with Crippen molar-refractivity contribution in [2.75, 3.05) is 32.7 Å². The largest absolute Gasteiger partial charge is 0.338 e. The number of piperazine rings is 1. The second-order valence-electron chi connectivity index (χ2n) is 6.03. The van der Waals surface area contributed by atoms with E-state index in [9.17, 15) is 9.59 Å². The van der Waals surface area contributed by atoms with Gasteiger partial charge in [0, 0.05) is 38.3 Å². The van der Waals surface area contributed by atoms with Crippen molar-refractivity contribution in [3.05, 3.63) is 35.4 Å². The molecule has 1 fully saturated rings. The molecule has 2 heterocycles. The monoisotopic (exact) mass is 301 g/mol. The maximum atomic E-state index is 12.7. The molecule has 0 aromatic heterocycles. The van der Waals surface area contributed by atoms with Crippen molar-refractivity contribution in [1.29, 1.82) is 0 Å². The van der Waals surface area contributed by atoms with Crippen molar-refractivity contribution in [1.82, 2.24) is 14.7 Å². The highest BCUT2D eigenvalue weighted by Crippen LogP contribution is 2.25. The van der Waals surface area contributed by atoms with E-state index in [1.807, 2.05) is 36.1 Å². The molecule has 1 saturated heterocycles. The summed E-state index contributed by atoms with van der Waals surface area (Å²) in [6.07, 6.45) is 0. The molecule has 0 saturated carbocycles. The Bertz CT molecular complexity index is 579. The smallest absolute Gasteiger partial charge is 0.255 e. The molecule has 0 aliphatic carbocycles. The molecule has 118 valence electrons. The Balaban J connectivity index is 1.66. The maximum absolute atomic E-state index is 12.7. The summed E-state index contributed by atoms with van der Waals surface area (Å²) in [6, 6.07) is 7.22. The van der Waals surface area contributed by atoms with Crippen LogP contribution in [-0.2, 0) is 11.3 Å². The molecule has 2 aliphatic rings. The molecule has 1 aromatic carbocycles. The zero-order valence-corrected chi connectivity index (χ0v) is 13.3. The molecule has 1 unspecified atom stereocenters. The van der Waals surface area contributed by atoms with E-state index in [1.165, 1.54) is 0 Å². The van der Waals surface area contributed by atoms with Gasteiger partial charge in [-0.3, -0.25) is 9.59 Å². The van der Waals surface area contributed by atoms with Crippen LogP contribution in [0.4, 0.5) is 0 Å². The second kappa shape index (κ2) is 6.08. The molecule has 1 aromatic rings. The van der Waals surface area contributed by atoms with Crippen molar-refractivity contribution < 1.29 is 9.59 Å². The van der Waals surface area contributed by atoms with Gasteiger partial charge in [-0.2, -0.15) is 0 Å². The van der Waals surface area contributed by atoms with Crippen LogP contribution in [0, 0.1) is 0 Å². The fourth-order valence-electron chi connectivity index (χ4n) is 3.27. The molecule has 22 heavy (non-hydrogen) atoms. The molecule has 1 atom stereocenters. The van der Waals surface area contributed by atoms with Gasteiger partial charge in [0.05, 0.1) is 0 Å². The van der Waals surface area contributed by atoms with E-state index in [-0.39, 0.29) is 11.8 Å². The van der Waals surface area contributed by atoms with Crippen LogP contribution in [-0.4, -0.2) is 65.3 Å². The zero-order chi connectivity index (χ0) is 15.7. The van der Waals surface area contributed by atoms with Gasteiger partial charge in [-0.05, 0) is 25.1 Å². The highest BCUT2D eigenvalue weighted by molar-refractivity contribution is 6.01. The minimum absolute atomic E-state index is 0.0244. The number of hydrogen-bond acceptors (Lipinski definition) is 3. The molecule has 0 spiro atoms. The summed E-state index contributed by atoms with van der Waals surface area (Å²) in [5.74, 6) is 0.0422. The normalized spacial score (nSPS) is 20.2. The van der Waals surface area contributed by atoms with E-state index in [0.29, 0.717) is 6.54 Å². The lowest BCUT2D eigenvalue weighted by Gasteiger charge is -2.37. The Kier molecular flexibility index (Phi) is 4.16. The van der Waals surface area contributed by atoms with Gasteiger partial charge >= 0.3 is 0 Å². The number of likely N-dealkylation sites (N-methyl/N-ethyl adjacent to an activating group) is 1. The third-order valence-electron chi connectivity index (χ3n) is 4.81. The SMILES string of the molecule is CCN1CCN(C(=O)C(C)N2Cc3ccccc3C2=O)CC1. The van der Waals surface area contributed by atoms with Crippen LogP contribution < -0.4 is 0 Å².